The lowest BCUT2D eigenvalue weighted by molar-refractivity contribution is 0.601. The Balaban J connectivity index is 2.43. The summed E-state index contributed by atoms with van der Waals surface area (Å²) < 4.78 is 28.0. The van der Waals surface area contributed by atoms with Crippen molar-refractivity contribution in [3.8, 4) is 0 Å². The molecule has 8 heteroatoms. The largest absolute Gasteiger partial charge is 0.280 e. The van der Waals surface area contributed by atoms with Crippen molar-refractivity contribution in [3.05, 3.63) is 56.5 Å². The lowest BCUT2D eigenvalue weighted by Gasteiger charge is -2.12. The van der Waals surface area contributed by atoms with Crippen LogP contribution in [-0.4, -0.2) is 8.42 Å². The Morgan fingerprint density at radius 3 is 2.29 bits per heavy atom. The molecule has 2 aromatic rings. The minimum atomic E-state index is -3.87. The molecule has 0 spiro atoms. The first kappa shape index (κ1) is 17.1. The maximum atomic E-state index is 12.4. The lowest BCUT2D eigenvalue weighted by Crippen LogP contribution is -2.14. The Bertz CT molecular complexity index is 758. The van der Waals surface area contributed by atoms with Gasteiger partial charge in [-0.3, -0.25) is 4.72 Å². The number of nitrogens with one attached hydrogen (secondary N) is 1. The van der Waals surface area contributed by atoms with Gasteiger partial charge < -0.3 is 0 Å². The highest BCUT2D eigenvalue weighted by Crippen LogP contribution is 2.34. The third kappa shape index (κ3) is 4.13. The summed E-state index contributed by atoms with van der Waals surface area (Å²) in [5.41, 5.74) is 1.39. The molecule has 0 atom stereocenters. The molecule has 1 N–H and O–H groups in total. The summed E-state index contributed by atoms with van der Waals surface area (Å²) in [5, 5.41) is 0.736. The van der Waals surface area contributed by atoms with E-state index in [1.165, 1.54) is 12.1 Å². The van der Waals surface area contributed by atoms with Crippen LogP contribution < -0.4 is 4.72 Å². The van der Waals surface area contributed by atoms with Gasteiger partial charge in [-0.1, -0.05) is 67.2 Å². The van der Waals surface area contributed by atoms with E-state index in [0.717, 1.165) is 5.56 Å². The Morgan fingerprint density at radius 2 is 1.71 bits per heavy atom. The molecule has 0 saturated heterocycles. The fraction of sp³-hybridized carbons (Fsp3) is 0.0769. The zero-order valence-electron chi connectivity index (χ0n) is 10.4. The van der Waals surface area contributed by atoms with Gasteiger partial charge in [-0.2, -0.15) is 0 Å². The summed E-state index contributed by atoms with van der Waals surface area (Å²) in [7, 11) is -3.87. The second kappa shape index (κ2) is 6.87. The number of rotatable bonds is 4. The normalized spacial score (nSPS) is 11.4. The van der Waals surface area contributed by atoms with Crippen molar-refractivity contribution in [1.29, 1.82) is 0 Å². The molecule has 0 unspecified atom stereocenters. The molecule has 0 aliphatic carbocycles. The van der Waals surface area contributed by atoms with E-state index in [1.54, 1.807) is 18.2 Å². The Morgan fingerprint density at radius 1 is 1.10 bits per heavy atom. The minimum absolute atomic E-state index is 0.0542. The van der Waals surface area contributed by atoms with E-state index >= 15 is 0 Å². The third-order valence-corrected chi connectivity index (χ3v) is 5.97. The van der Waals surface area contributed by atoms with E-state index in [0.29, 0.717) is 15.5 Å². The van der Waals surface area contributed by atoms with Gasteiger partial charge >= 0.3 is 0 Å². The summed E-state index contributed by atoms with van der Waals surface area (Å²) in [6.45, 7) is 0. The van der Waals surface area contributed by atoms with Crippen molar-refractivity contribution in [3.63, 3.8) is 0 Å². The summed E-state index contributed by atoms with van der Waals surface area (Å²) in [5.74, 6) is 0. The standard InChI is InChI=1S/C13H9Br2Cl2NO2S/c14-7-8-2-1-3-10(4-8)18-21(19,20)13-11(16)5-9(15)6-12(13)17/h1-6,18H,7H2. The average Bonchev–Trinajstić information content (AvgIpc) is 2.36. The van der Waals surface area contributed by atoms with Crippen LogP contribution in [0, 0.1) is 0 Å². The maximum Gasteiger partial charge on any atom is 0.264 e. The zero-order chi connectivity index (χ0) is 15.6. The first-order chi connectivity index (χ1) is 9.83. The molecule has 21 heavy (non-hydrogen) atoms. The van der Waals surface area contributed by atoms with Gasteiger partial charge in [0.1, 0.15) is 4.90 Å². The van der Waals surface area contributed by atoms with E-state index < -0.39 is 10.0 Å². The van der Waals surface area contributed by atoms with Gasteiger partial charge in [0.15, 0.2) is 0 Å². The highest BCUT2D eigenvalue weighted by atomic mass is 79.9. The smallest absolute Gasteiger partial charge is 0.264 e. The van der Waals surface area contributed by atoms with Gasteiger partial charge in [-0.25, -0.2) is 8.42 Å². The van der Waals surface area contributed by atoms with Gasteiger partial charge in [0.25, 0.3) is 10.0 Å². The van der Waals surface area contributed by atoms with E-state index in [2.05, 4.69) is 36.6 Å². The molecular formula is C13H9Br2Cl2NO2S. The number of hydrogen-bond donors (Lipinski definition) is 1. The summed E-state index contributed by atoms with van der Waals surface area (Å²) >= 11 is 18.5. The molecule has 0 fully saturated rings. The SMILES string of the molecule is O=S(=O)(Nc1cccc(CBr)c1)c1c(Cl)cc(Br)cc1Cl. The molecule has 0 aliphatic heterocycles. The van der Waals surface area contributed by atoms with Crippen molar-refractivity contribution in [2.24, 2.45) is 0 Å². The highest BCUT2D eigenvalue weighted by Gasteiger charge is 2.22. The van der Waals surface area contributed by atoms with Crippen molar-refractivity contribution in [2.45, 2.75) is 10.2 Å². The van der Waals surface area contributed by atoms with Crippen LogP contribution in [-0.2, 0) is 15.4 Å². The van der Waals surface area contributed by atoms with Crippen LogP contribution in [0.15, 0.2) is 45.8 Å². The predicted molar refractivity (Wildman–Crippen MR) is 94.0 cm³/mol. The van der Waals surface area contributed by atoms with Gasteiger partial charge in [-0.15, -0.1) is 0 Å². The van der Waals surface area contributed by atoms with Gasteiger partial charge in [0.2, 0.25) is 0 Å². The van der Waals surface area contributed by atoms with E-state index in [1.807, 2.05) is 6.07 Å². The third-order valence-electron chi connectivity index (χ3n) is 2.57. The van der Waals surface area contributed by atoms with Crippen molar-refractivity contribution >= 4 is 70.8 Å². The molecule has 3 nitrogen and oxygen atoms in total. The fourth-order valence-corrected chi connectivity index (χ4v) is 5.05. The molecule has 0 aromatic heterocycles. The first-order valence-corrected chi connectivity index (χ1v) is 9.81. The molecule has 0 radical (unpaired) electrons. The molecule has 112 valence electrons. The molecule has 0 aliphatic rings. The Hall–Kier alpha value is -0.270. The lowest BCUT2D eigenvalue weighted by atomic mass is 10.2. The van der Waals surface area contributed by atoms with Crippen LogP contribution in [0.25, 0.3) is 0 Å². The number of sulfonamides is 1. The van der Waals surface area contributed by atoms with Crippen LogP contribution in [0.4, 0.5) is 5.69 Å². The Labute approximate surface area is 150 Å². The van der Waals surface area contributed by atoms with Gasteiger partial charge in [-0.05, 0) is 29.8 Å². The minimum Gasteiger partial charge on any atom is -0.280 e. The van der Waals surface area contributed by atoms with Crippen molar-refractivity contribution < 1.29 is 8.42 Å². The average molecular weight is 474 g/mol. The van der Waals surface area contributed by atoms with Crippen LogP contribution in [0.3, 0.4) is 0 Å². The van der Waals surface area contributed by atoms with Crippen LogP contribution in [0.5, 0.6) is 0 Å². The number of benzene rings is 2. The monoisotopic (exact) mass is 471 g/mol. The quantitative estimate of drug-likeness (QED) is 0.600. The zero-order valence-corrected chi connectivity index (χ0v) is 15.9. The topological polar surface area (TPSA) is 46.2 Å². The highest BCUT2D eigenvalue weighted by molar-refractivity contribution is 9.10. The molecule has 2 rings (SSSR count). The second-order valence-corrected chi connectivity index (χ2v) is 8.05. The number of anilines is 1. The maximum absolute atomic E-state index is 12.4. The summed E-state index contributed by atoms with van der Waals surface area (Å²) in [6, 6.07) is 10.00. The van der Waals surface area contributed by atoms with Crippen LogP contribution in [0.1, 0.15) is 5.56 Å². The van der Waals surface area contributed by atoms with E-state index in [9.17, 15) is 8.42 Å². The molecule has 0 amide bonds. The number of alkyl halides is 1. The van der Waals surface area contributed by atoms with E-state index in [-0.39, 0.29) is 14.9 Å². The van der Waals surface area contributed by atoms with Gasteiger partial charge in [0.05, 0.1) is 10.0 Å². The molecule has 0 saturated carbocycles. The predicted octanol–water partition coefficient (Wildman–Crippen LogP) is 5.45. The fourth-order valence-electron chi connectivity index (χ4n) is 1.71. The molecule has 0 heterocycles. The molecule has 0 bridgehead atoms. The number of hydrogen-bond acceptors (Lipinski definition) is 2. The molecular weight excluding hydrogens is 465 g/mol. The summed E-state index contributed by atoms with van der Waals surface area (Å²) in [4.78, 5) is -0.140. The first-order valence-electron chi connectivity index (χ1n) is 5.66. The summed E-state index contributed by atoms with van der Waals surface area (Å²) in [6.07, 6.45) is 0. The number of halogens is 4. The molecule has 2 aromatic carbocycles. The van der Waals surface area contributed by atoms with Crippen LogP contribution in [0.2, 0.25) is 10.0 Å². The van der Waals surface area contributed by atoms with Crippen molar-refractivity contribution in [1.82, 2.24) is 0 Å². The Kier molecular flexibility index (Phi) is 5.59. The van der Waals surface area contributed by atoms with E-state index in [4.69, 9.17) is 23.2 Å². The van der Waals surface area contributed by atoms with Crippen molar-refractivity contribution in [2.75, 3.05) is 4.72 Å². The second-order valence-electron chi connectivity index (χ2n) is 4.14. The van der Waals surface area contributed by atoms with Crippen LogP contribution >= 0.6 is 55.1 Å². The van der Waals surface area contributed by atoms with Gasteiger partial charge in [0, 0.05) is 15.5 Å².